The highest BCUT2D eigenvalue weighted by molar-refractivity contribution is 5.74. The Balaban J connectivity index is 1.92. The summed E-state index contributed by atoms with van der Waals surface area (Å²) >= 11 is 0. The Morgan fingerprint density at radius 3 is 2.50 bits per heavy atom. The lowest BCUT2D eigenvalue weighted by Gasteiger charge is -2.34. The number of nitrogens with one attached hydrogen (secondary N) is 1. The number of likely N-dealkylation sites (tertiary alicyclic amines) is 1. The van der Waals surface area contributed by atoms with Crippen LogP contribution in [-0.2, 0) is 0 Å². The number of unbranched alkanes of at least 4 members (excludes halogenated alkanes) is 2. The molecule has 4 heteroatoms. The van der Waals surface area contributed by atoms with Crippen LogP contribution in [0.3, 0.4) is 0 Å². The molecular formula is C20H32N2O2. The summed E-state index contributed by atoms with van der Waals surface area (Å²) in [6, 6.07) is 10.4. The molecule has 1 aromatic carbocycles. The van der Waals surface area contributed by atoms with Gasteiger partial charge in [0.2, 0.25) is 0 Å². The molecule has 1 fully saturated rings. The van der Waals surface area contributed by atoms with Crippen LogP contribution in [0.2, 0.25) is 0 Å². The van der Waals surface area contributed by atoms with Gasteiger partial charge in [0.05, 0.1) is 12.1 Å². The summed E-state index contributed by atoms with van der Waals surface area (Å²) in [7, 11) is 0. The molecule has 1 aromatic rings. The maximum Gasteiger partial charge on any atom is 0.317 e. The van der Waals surface area contributed by atoms with E-state index in [4.69, 9.17) is 0 Å². The summed E-state index contributed by atoms with van der Waals surface area (Å²) in [5.74, 6) is 0.323. The number of rotatable bonds is 7. The topological polar surface area (TPSA) is 52.6 Å². The minimum atomic E-state index is -0.277. The minimum absolute atomic E-state index is 0.0318. The van der Waals surface area contributed by atoms with Gasteiger partial charge in [-0.05, 0) is 37.7 Å². The summed E-state index contributed by atoms with van der Waals surface area (Å²) in [5.41, 5.74) is 1.18. The van der Waals surface area contributed by atoms with Crippen molar-refractivity contribution in [3.8, 4) is 0 Å². The molecule has 4 nitrogen and oxygen atoms in total. The molecule has 0 radical (unpaired) electrons. The number of urea groups is 1. The van der Waals surface area contributed by atoms with Crippen LogP contribution in [0.5, 0.6) is 0 Å². The van der Waals surface area contributed by atoms with Gasteiger partial charge in [-0.3, -0.25) is 0 Å². The number of nitrogens with zero attached hydrogens (tertiary/aromatic N) is 1. The maximum absolute atomic E-state index is 12.6. The van der Waals surface area contributed by atoms with E-state index in [1.807, 2.05) is 30.0 Å². The molecule has 0 aromatic heterocycles. The zero-order chi connectivity index (χ0) is 17.4. The Labute approximate surface area is 146 Å². The third kappa shape index (κ3) is 5.52. The molecule has 134 valence electrons. The highest BCUT2D eigenvalue weighted by Crippen LogP contribution is 2.23. The van der Waals surface area contributed by atoms with Crippen LogP contribution in [0, 0.1) is 5.92 Å². The van der Waals surface area contributed by atoms with Crippen molar-refractivity contribution in [3.05, 3.63) is 35.9 Å². The molecule has 2 amide bonds. The van der Waals surface area contributed by atoms with E-state index in [2.05, 4.69) is 24.4 Å². The monoisotopic (exact) mass is 332 g/mol. The summed E-state index contributed by atoms with van der Waals surface area (Å²) < 4.78 is 0. The van der Waals surface area contributed by atoms with Crippen LogP contribution in [0.15, 0.2) is 30.3 Å². The first-order valence-electron chi connectivity index (χ1n) is 9.40. The van der Waals surface area contributed by atoms with Crippen LogP contribution >= 0.6 is 0 Å². The second-order valence-electron chi connectivity index (χ2n) is 6.97. The molecule has 2 unspecified atom stereocenters. The molecular weight excluding hydrogens is 300 g/mol. The zero-order valence-electron chi connectivity index (χ0n) is 15.1. The van der Waals surface area contributed by atoms with Crippen molar-refractivity contribution in [3.63, 3.8) is 0 Å². The molecule has 0 bridgehead atoms. The van der Waals surface area contributed by atoms with E-state index in [-0.39, 0.29) is 18.2 Å². The summed E-state index contributed by atoms with van der Waals surface area (Å²) in [5, 5.41) is 12.9. The first-order chi connectivity index (χ1) is 11.6. The van der Waals surface area contributed by atoms with Crippen LogP contribution in [0.1, 0.15) is 64.0 Å². The van der Waals surface area contributed by atoms with E-state index < -0.39 is 0 Å². The molecule has 2 N–H and O–H groups in total. The van der Waals surface area contributed by atoms with E-state index in [0.29, 0.717) is 5.92 Å². The Hall–Kier alpha value is -1.55. The van der Waals surface area contributed by atoms with E-state index in [0.717, 1.165) is 38.8 Å². The van der Waals surface area contributed by atoms with Crippen molar-refractivity contribution in [2.75, 3.05) is 13.1 Å². The predicted octanol–water partition coefficient (Wildman–Crippen LogP) is 4.11. The van der Waals surface area contributed by atoms with Crippen molar-refractivity contribution in [2.24, 2.45) is 5.92 Å². The Morgan fingerprint density at radius 1 is 1.25 bits per heavy atom. The van der Waals surface area contributed by atoms with Crippen molar-refractivity contribution >= 4 is 6.03 Å². The van der Waals surface area contributed by atoms with Gasteiger partial charge in [0.25, 0.3) is 0 Å². The molecule has 2 atom stereocenters. The van der Waals surface area contributed by atoms with Crippen LogP contribution in [0.4, 0.5) is 4.79 Å². The molecule has 0 saturated carbocycles. The minimum Gasteiger partial charge on any atom is -0.393 e. The number of amides is 2. The Kier molecular flexibility index (Phi) is 7.57. The van der Waals surface area contributed by atoms with Crippen molar-refractivity contribution in [1.29, 1.82) is 0 Å². The van der Waals surface area contributed by atoms with E-state index in [1.165, 1.54) is 18.4 Å². The van der Waals surface area contributed by atoms with Gasteiger partial charge in [0, 0.05) is 13.1 Å². The molecule has 2 rings (SSSR count). The number of aliphatic hydroxyl groups excluding tert-OH is 1. The first kappa shape index (κ1) is 18.8. The maximum atomic E-state index is 12.6. The second-order valence-corrected chi connectivity index (χ2v) is 6.97. The van der Waals surface area contributed by atoms with Gasteiger partial charge >= 0.3 is 6.03 Å². The number of benzene rings is 1. The molecule has 1 saturated heterocycles. The lowest BCUT2D eigenvalue weighted by Crippen LogP contribution is -2.46. The highest BCUT2D eigenvalue weighted by Gasteiger charge is 2.26. The average molecular weight is 332 g/mol. The fraction of sp³-hybridized carbons (Fsp3) is 0.650. The summed E-state index contributed by atoms with van der Waals surface area (Å²) in [6.07, 6.45) is 5.98. The third-order valence-electron chi connectivity index (χ3n) is 5.11. The SMILES string of the molecule is CCCCCC(NC(=O)N1CCC(C(C)O)CC1)c1ccccc1. The number of carbonyl (C=O) groups excluding carboxylic acids is 1. The van der Waals surface area contributed by atoms with Gasteiger partial charge in [0.1, 0.15) is 0 Å². The van der Waals surface area contributed by atoms with Gasteiger partial charge in [-0.2, -0.15) is 0 Å². The third-order valence-corrected chi connectivity index (χ3v) is 5.11. The highest BCUT2D eigenvalue weighted by atomic mass is 16.3. The first-order valence-corrected chi connectivity index (χ1v) is 9.40. The molecule has 0 spiro atoms. The number of aliphatic hydroxyl groups is 1. The number of hydrogen-bond donors (Lipinski definition) is 2. The van der Waals surface area contributed by atoms with Crippen LogP contribution in [0.25, 0.3) is 0 Å². The largest absolute Gasteiger partial charge is 0.393 e. The zero-order valence-corrected chi connectivity index (χ0v) is 15.1. The summed E-state index contributed by atoms with van der Waals surface area (Å²) in [4.78, 5) is 14.5. The Bertz CT molecular complexity index is 482. The molecule has 24 heavy (non-hydrogen) atoms. The standard InChI is InChI=1S/C20H32N2O2/c1-3-4-6-11-19(18-9-7-5-8-10-18)21-20(24)22-14-12-17(13-15-22)16(2)23/h5,7-10,16-17,19,23H,3-4,6,11-15H2,1-2H3,(H,21,24). The van der Waals surface area contributed by atoms with Gasteiger partial charge < -0.3 is 15.3 Å². The Morgan fingerprint density at radius 2 is 1.92 bits per heavy atom. The number of piperidine rings is 1. The quantitative estimate of drug-likeness (QED) is 0.738. The lowest BCUT2D eigenvalue weighted by atomic mass is 9.92. The number of hydrogen-bond acceptors (Lipinski definition) is 2. The fourth-order valence-electron chi connectivity index (χ4n) is 3.43. The van der Waals surface area contributed by atoms with Crippen LogP contribution < -0.4 is 5.32 Å². The van der Waals surface area contributed by atoms with E-state index in [9.17, 15) is 9.90 Å². The van der Waals surface area contributed by atoms with Crippen LogP contribution in [-0.4, -0.2) is 35.2 Å². The fourth-order valence-corrected chi connectivity index (χ4v) is 3.43. The molecule has 1 aliphatic rings. The van der Waals surface area contributed by atoms with Crippen molar-refractivity contribution < 1.29 is 9.90 Å². The molecule has 0 aliphatic carbocycles. The average Bonchev–Trinajstić information content (AvgIpc) is 2.61. The van der Waals surface area contributed by atoms with Gasteiger partial charge in [-0.1, -0.05) is 56.5 Å². The summed E-state index contributed by atoms with van der Waals surface area (Å²) in [6.45, 7) is 5.51. The van der Waals surface area contributed by atoms with Crippen molar-refractivity contribution in [2.45, 2.75) is 64.5 Å². The van der Waals surface area contributed by atoms with Gasteiger partial charge in [0.15, 0.2) is 0 Å². The normalized spacial score (nSPS) is 18.2. The molecule has 1 aliphatic heterocycles. The smallest absolute Gasteiger partial charge is 0.317 e. The number of carbonyl (C=O) groups is 1. The predicted molar refractivity (Wildman–Crippen MR) is 97.8 cm³/mol. The molecule has 1 heterocycles. The van der Waals surface area contributed by atoms with Gasteiger partial charge in [-0.15, -0.1) is 0 Å². The second kappa shape index (κ2) is 9.67. The lowest BCUT2D eigenvalue weighted by molar-refractivity contribution is 0.0792. The van der Waals surface area contributed by atoms with Crippen molar-refractivity contribution in [1.82, 2.24) is 10.2 Å². The van der Waals surface area contributed by atoms with E-state index >= 15 is 0 Å². The van der Waals surface area contributed by atoms with Gasteiger partial charge in [-0.25, -0.2) is 4.79 Å². The van der Waals surface area contributed by atoms with E-state index in [1.54, 1.807) is 0 Å².